The quantitative estimate of drug-likeness (QED) is 0.848. The van der Waals surface area contributed by atoms with Crippen LogP contribution in [0.4, 0.5) is 5.69 Å². The lowest BCUT2D eigenvalue weighted by Gasteiger charge is -2.21. The number of rotatable bonds is 3. The monoisotopic (exact) mass is 257 g/mol. The number of aromatic nitrogens is 2. The van der Waals surface area contributed by atoms with Gasteiger partial charge < -0.3 is 4.90 Å². The molecule has 0 spiro atoms. The largest absolute Gasteiger partial charge is 0.309 e. The fraction of sp³-hybridized carbons (Fsp3) is 0.333. The molecule has 0 aliphatic rings. The maximum atomic E-state index is 12.6. The Morgan fingerprint density at radius 1 is 1.37 bits per heavy atom. The Balaban J connectivity index is 2.37. The zero-order chi connectivity index (χ0) is 14.0. The van der Waals surface area contributed by atoms with Crippen LogP contribution in [0.25, 0.3) is 0 Å². The van der Waals surface area contributed by atoms with Crippen molar-refractivity contribution in [3.05, 3.63) is 47.3 Å². The molecular weight excluding hydrogens is 238 g/mol. The molecule has 0 fully saturated rings. The topological polar surface area (TPSA) is 38.1 Å². The van der Waals surface area contributed by atoms with Gasteiger partial charge in [0.2, 0.25) is 0 Å². The first kappa shape index (κ1) is 13.3. The van der Waals surface area contributed by atoms with Crippen molar-refractivity contribution in [1.29, 1.82) is 0 Å². The number of aryl methyl sites for hydroxylation is 2. The lowest BCUT2D eigenvalue weighted by atomic mass is 10.1. The molecule has 19 heavy (non-hydrogen) atoms. The molecule has 4 heteroatoms. The van der Waals surface area contributed by atoms with Crippen LogP contribution in [-0.2, 0) is 7.05 Å². The van der Waals surface area contributed by atoms with Gasteiger partial charge in [-0.05, 0) is 38.5 Å². The molecule has 2 aromatic rings. The standard InChI is InChI=1S/C15H19N3O/c1-5-18(13-8-6-7-11(2)9-13)15(19)14-10-16-17(4)12(14)3/h6-10H,5H2,1-4H3. The van der Waals surface area contributed by atoms with Crippen LogP contribution < -0.4 is 4.90 Å². The number of hydrogen-bond acceptors (Lipinski definition) is 2. The number of benzene rings is 1. The molecule has 0 bridgehead atoms. The zero-order valence-corrected chi connectivity index (χ0v) is 11.8. The van der Waals surface area contributed by atoms with Crippen molar-refractivity contribution in [2.24, 2.45) is 7.05 Å². The molecule has 0 aliphatic heterocycles. The average molecular weight is 257 g/mol. The van der Waals surface area contributed by atoms with Crippen LogP contribution in [0.15, 0.2) is 30.5 Å². The van der Waals surface area contributed by atoms with Gasteiger partial charge in [-0.25, -0.2) is 0 Å². The molecule has 1 heterocycles. The first-order valence-corrected chi connectivity index (χ1v) is 6.41. The van der Waals surface area contributed by atoms with Crippen LogP contribution in [0.3, 0.4) is 0 Å². The summed E-state index contributed by atoms with van der Waals surface area (Å²) in [5.41, 5.74) is 3.62. The summed E-state index contributed by atoms with van der Waals surface area (Å²) >= 11 is 0. The number of nitrogens with zero attached hydrogens (tertiary/aromatic N) is 3. The van der Waals surface area contributed by atoms with E-state index in [0.717, 1.165) is 16.9 Å². The number of amides is 1. The summed E-state index contributed by atoms with van der Waals surface area (Å²) in [6.45, 7) is 6.55. The summed E-state index contributed by atoms with van der Waals surface area (Å²) in [6, 6.07) is 7.97. The Hall–Kier alpha value is -2.10. The summed E-state index contributed by atoms with van der Waals surface area (Å²) < 4.78 is 1.72. The third-order valence-electron chi connectivity index (χ3n) is 3.34. The predicted molar refractivity (Wildman–Crippen MR) is 76.5 cm³/mol. The van der Waals surface area contributed by atoms with Crippen molar-refractivity contribution in [2.75, 3.05) is 11.4 Å². The molecule has 0 unspecified atom stereocenters. The SMILES string of the molecule is CCN(C(=O)c1cnn(C)c1C)c1cccc(C)c1. The Kier molecular flexibility index (Phi) is 3.69. The first-order chi connectivity index (χ1) is 9.04. The second-order valence-electron chi connectivity index (χ2n) is 4.66. The highest BCUT2D eigenvalue weighted by molar-refractivity contribution is 6.06. The average Bonchev–Trinajstić information content (AvgIpc) is 2.71. The molecule has 1 aromatic carbocycles. The maximum absolute atomic E-state index is 12.6. The number of carbonyl (C=O) groups is 1. The van der Waals surface area contributed by atoms with E-state index in [9.17, 15) is 4.79 Å². The van der Waals surface area contributed by atoms with E-state index >= 15 is 0 Å². The van der Waals surface area contributed by atoms with Gasteiger partial charge in [0.25, 0.3) is 5.91 Å². The number of anilines is 1. The first-order valence-electron chi connectivity index (χ1n) is 6.41. The Labute approximate surface area is 113 Å². The van der Waals surface area contributed by atoms with Crippen molar-refractivity contribution in [2.45, 2.75) is 20.8 Å². The van der Waals surface area contributed by atoms with Gasteiger partial charge in [-0.2, -0.15) is 5.10 Å². The van der Waals surface area contributed by atoms with Gasteiger partial charge >= 0.3 is 0 Å². The summed E-state index contributed by atoms with van der Waals surface area (Å²) in [4.78, 5) is 14.4. The van der Waals surface area contributed by atoms with Gasteiger partial charge in [0, 0.05) is 25.0 Å². The van der Waals surface area contributed by atoms with Crippen LogP contribution in [0, 0.1) is 13.8 Å². The Morgan fingerprint density at radius 3 is 2.63 bits per heavy atom. The highest BCUT2D eigenvalue weighted by Crippen LogP contribution is 2.19. The molecule has 0 atom stereocenters. The normalized spacial score (nSPS) is 10.5. The van der Waals surface area contributed by atoms with Crippen LogP contribution in [0.1, 0.15) is 28.5 Å². The van der Waals surface area contributed by atoms with Crippen molar-refractivity contribution < 1.29 is 4.79 Å². The fourth-order valence-electron chi connectivity index (χ4n) is 2.09. The summed E-state index contributed by atoms with van der Waals surface area (Å²) in [5.74, 6) is -0.00120. The number of hydrogen-bond donors (Lipinski definition) is 0. The summed E-state index contributed by atoms with van der Waals surface area (Å²) in [5, 5.41) is 4.13. The van der Waals surface area contributed by atoms with Crippen LogP contribution in [-0.4, -0.2) is 22.2 Å². The van der Waals surface area contributed by atoms with E-state index in [4.69, 9.17) is 0 Å². The summed E-state index contributed by atoms with van der Waals surface area (Å²) in [6.07, 6.45) is 1.64. The molecular formula is C15H19N3O. The maximum Gasteiger partial charge on any atom is 0.261 e. The van der Waals surface area contributed by atoms with E-state index < -0.39 is 0 Å². The van der Waals surface area contributed by atoms with E-state index in [2.05, 4.69) is 5.10 Å². The van der Waals surface area contributed by atoms with Gasteiger partial charge in [-0.1, -0.05) is 12.1 Å². The molecule has 2 rings (SSSR count). The minimum atomic E-state index is -0.00120. The van der Waals surface area contributed by atoms with Crippen molar-refractivity contribution in [3.8, 4) is 0 Å². The van der Waals surface area contributed by atoms with Crippen LogP contribution in [0.2, 0.25) is 0 Å². The second kappa shape index (κ2) is 5.26. The van der Waals surface area contributed by atoms with E-state index in [1.165, 1.54) is 0 Å². The Bertz CT molecular complexity index is 601. The van der Waals surface area contributed by atoms with Crippen molar-refractivity contribution in [3.63, 3.8) is 0 Å². The Morgan fingerprint density at radius 2 is 2.11 bits per heavy atom. The highest BCUT2D eigenvalue weighted by atomic mass is 16.2. The fourth-order valence-corrected chi connectivity index (χ4v) is 2.09. The van der Waals surface area contributed by atoms with Gasteiger partial charge in [-0.15, -0.1) is 0 Å². The third-order valence-corrected chi connectivity index (χ3v) is 3.34. The minimum absolute atomic E-state index is 0.00120. The zero-order valence-electron chi connectivity index (χ0n) is 11.8. The molecule has 1 amide bonds. The third kappa shape index (κ3) is 2.52. The highest BCUT2D eigenvalue weighted by Gasteiger charge is 2.20. The van der Waals surface area contributed by atoms with E-state index in [0.29, 0.717) is 12.1 Å². The summed E-state index contributed by atoms with van der Waals surface area (Å²) in [7, 11) is 1.84. The van der Waals surface area contributed by atoms with E-state index in [-0.39, 0.29) is 5.91 Å². The van der Waals surface area contributed by atoms with Gasteiger partial charge in [0.1, 0.15) is 0 Å². The molecule has 1 aromatic heterocycles. The molecule has 0 radical (unpaired) electrons. The lowest BCUT2D eigenvalue weighted by molar-refractivity contribution is 0.0987. The van der Waals surface area contributed by atoms with Crippen molar-refractivity contribution in [1.82, 2.24) is 9.78 Å². The smallest absolute Gasteiger partial charge is 0.261 e. The number of carbonyl (C=O) groups excluding carboxylic acids is 1. The van der Waals surface area contributed by atoms with E-state index in [1.807, 2.05) is 52.1 Å². The predicted octanol–water partition coefficient (Wildman–Crippen LogP) is 2.70. The molecule has 0 saturated carbocycles. The molecule has 4 nitrogen and oxygen atoms in total. The minimum Gasteiger partial charge on any atom is -0.309 e. The van der Waals surface area contributed by atoms with Crippen LogP contribution in [0.5, 0.6) is 0 Å². The molecule has 0 N–H and O–H groups in total. The van der Waals surface area contributed by atoms with Crippen LogP contribution >= 0.6 is 0 Å². The molecule has 0 saturated heterocycles. The van der Waals surface area contributed by atoms with Crippen molar-refractivity contribution >= 4 is 11.6 Å². The molecule has 100 valence electrons. The van der Waals surface area contributed by atoms with Gasteiger partial charge in [-0.3, -0.25) is 9.48 Å². The van der Waals surface area contributed by atoms with Gasteiger partial charge in [0.05, 0.1) is 11.8 Å². The molecule has 0 aliphatic carbocycles. The van der Waals surface area contributed by atoms with E-state index in [1.54, 1.807) is 15.8 Å². The van der Waals surface area contributed by atoms with Gasteiger partial charge in [0.15, 0.2) is 0 Å². The lowest BCUT2D eigenvalue weighted by Crippen LogP contribution is -2.31. The second-order valence-corrected chi connectivity index (χ2v) is 4.66.